The minimum atomic E-state index is -0.861. The van der Waals surface area contributed by atoms with E-state index in [0.29, 0.717) is 30.3 Å². The number of benzene rings is 1. The standard InChI is InChI=1S/C43H78O4/c1-5-9-13-17-21-25-29-33-38-37-40(46-35-31-27-23-19-15-11-7-3)42(47-36-32-28-24-20-16-12-8-4)41(43(44)45)39(38)34-30-26-22-18-14-10-6-2/h37H,5-36H2,1-4H3,(H,44,45). The second kappa shape index (κ2) is 31.6. The first-order chi connectivity index (χ1) is 23.1. The van der Waals surface area contributed by atoms with Crippen LogP contribution in [0.4, 0.5) is 0 Å². The molecule has 274 valence electrons. The Morgan fingerprint density at radius 3 is 1.28 bits per heavy atom. The van der Waals surface area contributed by atoms with E-state index < -0.39 is 5.97 Å². The molecule has 0 bridgehead atoms. The van der Waals surface area contributed by atoms with Crippen LogP contribution in [0.15, 0.2) is 6.07 Å². The van der Waals surface area contributed by atoms with Crippen LogP contribution in [0.1, 0.15) is 229 Å². The number of ether oxygens (including phenoxy) is 2. The normalized spacial score (nSPS) is 11.3. The Kier molecular flexibility index (Phi) is 29.1. The molecule has 0 amide bonds. The number of unbranched alkanes of at least 4 members (excludes halogenated alkanes) is 24. The smallest absolute Gasteiger partial charge is 0.339 e. The number of carboxylic acid groups (broad SMARTS) is 1. The molecule has 0 radical (unpaired) electrons. The van der Waals surface area contributed by atoms with E-state index in [1.54, 1.807) is 0 Å². The second-order valence-corrected chi connectivity index (χ2v) is 14.2. The Balaban J connectivity index is 3.12. The van der Waals surface area contributed by atoms with E-state index in [1.807, 2.05) is 0 Å². The molecule has 0 saturated carbocycles. The van der Waals surface area contributed by atoms with Gasteiger partial charge in [0.2, 0.25) is 0 Å². The van der Waals surface area contributed by atoms with Crippen LogP contribution >= 0.6 is 0 Å². The van der Waals surface area contributed by atoms with E-state index in [4.69, 9.17) is 9.47 Å². The Labute approximate surface area is 292 Å². The molecular weight excluding hydrogens is 580 g/mol. The maximum atomic E-state index is 13.0. The molecule has 0 aliphatic heterocycles. The highest BCUT2D eigenvalue weighted by Gasteiger charge is 2.25. The van der Waals surface area contributed by atoms with Gasteiger partial charge in [-0.2, -0.15) is 0 Å². The molecular formula is C43H78O4. The molecule has 1 aromatic carbocycles. The summed E-state index contributed by atoms with van der Waals surface area (Å²) in [5.41, 5.74) is 2.57. The molecule has 1 N–H and O–H groups in total. The highest BCUT2D eigenvalue weighted by molar-refractivity contribution is 5.94. The van der Waals surface area contributed by atoms with E-state index in [-0.39, 0.29) is 0 Å². The first kappa shape index (κ1) is 43.3. The van der Waals surface area contributed by atoms with Gasteiger partial charge in [0, 0.05) is 0 Å². The summed E-state index contributed by atoms with van der Waals surface area (Å²) in [5.74, 6) is 0.296. The summed E-state index contributed by atoms with van der Waals surface area (Å²) in [6.45, 7) is 10.2. The van der Waals surface area contributed by atoms with Crippen molar-refractivity contribution in [2.75, 3.05) is 13.2 Å². The summed E-state index contributed by atoms with van der Waals surface area (Å²) >= 11 is 0. The van der Waals surface area contributed by atoms with Crippen molar-refractivity contribution in [2.45, 2.75) is 220 Å². The molecule has 4 nitrogen and oxygen atoms in total. The molecule has 0 spiro atoms. The first-order valence-electron chi connectivity index (χ1n) is 20.8. The zero-order valence-corrected chi connectivity index (χ0v) is 31.9. The van der Waals surface area contributed by atoms with Crippen molar-refractivity contribution in [3.63, 3.8) is 0 Å². The van der Waals surface area contributed by atoms with Crippen LogP contribution in [0.25, 0.3) is 0 Å². The van der Waals surface area contributed by atoms with Gasteiger partial charge >= 0.3 is 5.97 Å². The Hall–Kier alpha value is -1.71. The van der Waals surface area contributed by atoms with Crippen molar-refractivity contribution in [1.82, 2.24) is 0 Å². The van der Waals surface area contributed by atoms with Crippen molar-refractivity contribution in [3.8, 4) is 11.5 Å². The van der Waals surface area contributed by atoms with Crippen LogP contribution < -0.4 is 9.47 Å². The molecule has 47 heavy (non-hydrogen) atoms. The summed E-state index contributed by atoms with van der Waals surface area (Å²) in [6.07, 6.45) is 36.2. The Morgan fingerprint density at radius 1 is 0.489 bits per heavy atom. The zero-order valence-electron chi connectivity index (χ0n) is 31.9. The van der Waals surface area contributed by atoms with Gasteiger partial charge in [0.25, 0.3) is 0 Å². The first-order valence-corrected chi connectivity index (χ1v) is 20.8. The number of hydrogen-bond donors (Lipinski definition) is 1. The van der Waals surface area contributed by atoms with Crippen LogP contribution in [-0.4, -0.2) is 24.3 Å². The van der Waals surface area contributed by atoms with Gasteiger partial charge in [-0.15, -0.1) is 0 Å². The van der Waals surface area contributed by atoms with Crippen molar-refractivity contribution >= 4 is 5.97 Å². The summed E-state index contributed by atoms with van der Waals surface area (Å²) in [7, 11) is 0. The zero-order chi connectivity index (χ0) is 34.2. The van der Waals surface area contributed by atoms with E-state index in [9.17, 15) is 9.90 Å². The fraction of sp³-hybridized carbons (Fsp3) is 0.837. The third kappa shape index (κ3) is 21.8. The maximum absolute atomic E-state index is 13.0. The van der Waals surface area contributed by atoms with Gasteiger partial charge in [0.15, 0.2) is 11.5 Å². The van der Waals surface area contributed by atoms with Crippen molar-refractivity contribution in [3.05, 3.63) is 22.8 Å². The van der Waals surface area contributed by atoms with Gasteiger partial charge in [-0.1, -0.05) is 182 Å². The lowest BCUT2D eigenvalue weighted by Crippen LogP contribution is -2.13. The largest absolute Gasteiger partial charge is 0.490 e. The molecule has 0 atom stereocenters. The number of aromatic carboxylic acids is 1. The van der Waals surface area contributed by atoms with Crippen molar-refractivity contribution in [1.29, 1.82) is 0 Å². The molecule has 0 aliphatic carbocycles. The molecule has 0 aliphatic rings. The van der Waals surface area contributed by atoms with Gasteiger partial charge in [0.05, 0.1) is 13.2 Å². The molecule has 0 saturated heterocycles. The monoisotopic (exact) mass is 659 g/mol. The van der Waals surface area contributed by atoms with Gasteiger partial charge in [-0.25, -0.2) is 4.79 Å². The predicted molar refractivity (Wildman–Crippen MR) is 204 cm³/mol. The number of hydrogen-bond acceptors (Lipinski definition) is 3. The topological polar surface area (TPSA) is 55.8 Å². The fourth-order valence-electron chi connectivity index (χ4n) is 6.72. The third-order valence-electron chi connectivity index (χ3n) is 9.74. The van der Waals surface area contributed by atoms with Gasteiger partial charge in [-0.3, -0.25) is 0 Å². The number of carboxylic acids is 1. The number of rotatable bonds is 35. The van der Waals surface area contributed by atoms with Crippen LogP contribution in [-0.2, 0) is 12.8 Å². The van der Waals surface area contributed by atoms with E-state index >= 15 is 0 Å². The highest BCUT2D eigenvalue weighted by Crippen LogP contribution is 2.39. The summed E-state index contributed by atoms with van der Waals surface area (Å²) in [6, 6.07) is 2.18. The quantitative estimate of drug-likeness (QED) is 0.0737. The summed E-state index contributed by atoms with van der Waals surface area (Å²) < 4.78 is 12.9. The molecule has 0 heterocycles. The molecule has 1 aromatic rings. The summed E-state index contributed by atoms with van der Waals surface area (Å²) in [4.78, 5) is 13.0. The molecule has 4 heteroatoms. The van der Waals surface area contributed by atoms with E-state index in [0.717, 1.165) is 63.4 Å². The van der Waals surface area contributed by atoms with E-state index in [2.05, 4.69) is 33.8 Å². The fourth-order valence-corrected chi connectivity index (χ4v) is 6.72. The number of carbonyl (C=O) groups is 1. The maximum Gasteiger partial charge on any atom is 0.339 e. The highest BCUT2D eigenvalue weighted by atomic mass is 16.5. The van der Waals surface area contributed by atoms with Crippen LogP contribution in [0.5, 0.6) is 11.5 Å². The molecule has 0 fully saturated rings. The lowest BCUT2D eigenvalue weighted by molar-refractivity contribution is 0.0689. The average molecular weight is 659 g/mol. The Morgan fingerprint density at radius 2 is 0.851 bits per heavy atom. The van der Waals surface area contributed by atoms with Gasteiger partial charge in [-0.05, 0) is 55.7 Å². The van der Waals surface area contributed by atoms with Crippen molar-refractivity contribution in [2.24, 2.45) is 0 Å². The molecule has 0 unspecified atom stereocenters. The summed E-state index contributed by atoms with van der Waals surface area (Å²) in [5, 5.41) is 10.7. The lowest BCUT2D eigenvalue weighted by atomic mass is 9.91. The minimum absolute atomic E-state index is 0.383. The SMILES string of the molecule is CCCCCCCCCOc1cc(CCCCCCCCC)c(CCCCCCCCC)c(C(=O)O)c1OCCCCCCCCC. The third-order valence-corrected chi connectivity index (χ3v) is 9.74. The molecule has 0 aromatic heterocycles. The van der Waals surface area contributed by atoms with Crippen LogP contribution in [0.3, 0.4) is 0 Å². The van der Waals surface area contributed by atoms with Crippen LogP contribution in [0, 0.1) is 0 Å². The van der Waals surface area contributed by atoms with Gasteiger partial charge in [0.1, 0.15) is 5.56 Å². The van der Waals surface area contributed by atoms with E-state index in [1.165, 1.54) is 140 Å². The number of aryl methyl sites for hydroxylation is 1. The predicted octanol–water partition coefficient (Wildman–Crippen LogP) is 14.2. The molecule has 1 rings (SSSR count). The van der Waals surface area contributed by atoms with Gasteiger partial charge < -0.3 is 14.6 Å². The lowest BCUT2D eigenvalue weighted by Gasteiger charge is -2.21. The minimum Gasteiger partial charge on any atom is -0.490 e. The second-order valence-electron chi connectivity index (χ2n) is 14.2. The van der Waals surface area contributed by atoms with Crippen LogP contribution in [0.2, 0.25) is 0 Å². The van der Waals surface area contributed by atoms with Crippen molar-refractivity contribution < 1.29 is 19.4 Å². The Bertz CT molecular complexity index is 864. The average Bonchev–Trinajstić information content (AvgIpc) is 3.06.